The van der Waals surface area contributed by atoms with Gasteiger partial charge in [-0.3, -0.25) is 0 Å². The lowest BCUT2D eigenvalue weighted by Crippen LogP contribution is -2.07. The fraction of sp³-hybridized carbons (Fsp3) is 0.263. The van der Waals surface area contributed by atoms with Crippen LogP contribution in [0.2, 0.25) is 0 Å². The zero-order chi connectivity index (χ0) is 14.5. The molecule has 0 radical (unpaired) electrons. The molecule has 0 aromatic heterocycles. The van der Waals surface area contributed by atoms with Crippen molar-refractivity contribution in [2.24, 2.45) is 0 Å². The maximum Gasteiger partial charge on any atom is 0.123 e. The van der Waals surface area contributed by atoms with Crippen LogP contribution in [0.4, 0.5) is 4.39 Å². The normalized spacial score (nSPS) is 20.8. The van der Waals surface area contributed by atoms with E-state index in [0.717, 1.165) is 31.4 Å². The van der Waals surface area contributed by atoms with Crippen molar-refractivity contribution < 1.29 is 9.13 Å². The van der Waals surface area contributed by atoms with Crippen molar-refractivity contribution in [2.75, 3.05) is 6.61 Å². The van der Waals surface area contributed by atoms with Gasteiger partial charge in [-0.2, -0.15) is 0 Å². The second kappa shape index (κ2) is 6.23. The number of epoxide rings is 1. The minimum absolute atomic E-state index is 0.0367. The molecule has 0 bridgehead atoms. The zero-order valence-electron chi connectivity index (χ0n) is 12.0. The average Bonchev–Trinajstić information content (AvgIpc) is 3.31. The molecule has 0 saturated carbocycles. The van der Waals surface area contributed by atoms with E-state index in [1.165, 1.54) is 17.7 Å². The van der Waals surface area contributed by atoms with Crippen molar-refractivity contribution in [3.05, 3.63) is 77.6 Å². The van der Waals surface area contributed by atoms with Gasteiger partial charge in [-0.25, -0.2) is 4.39 Å². The molecule has 21 heavy (non-hydrogen) atoms. The van der Waals surface area contributed by atoms with Crippen LogP contribution in [0, 0.1) is 5.82 Å². The van der Waals surface area contributed by atoms with Crippen LogP contribution in [0.1, 0.15) is 30.4 Å². The molecule has 1 fully saturated rings. The molecular weight excluding hydrogens is 263 g/mol. The number of hydrogen-bond donors (Lipinski definition) is 0. The Bertz CT molecular complexity index is 597. The molecule has 2 aromatic carbocycles. The van der Waals surface area contributed by atoms with E-state index < -0.39 is 0 Å². The van der Waals surface area contributed by atoms with Gasteiger partial charge in [0.15, 0.2) is 0 Å². The number of hydrogen-bond acceptors (Lipinski definition) is 1. The van der Waals surface area contributed by atoms with Gasteiger partial charge in [-0.05, 0) is 42.5 Å². The second-order valence-corrected chi connectivity index (χ2v) is 5.50. The van der Waals surface area contributed by atoms with Gasteiger partial charge in [0.25, 0.3) is 0 Å². The van der Waals surface area contributed by atoms with Gasteiger partial charge in [0.05, 0.1) is 6.61 Å². The Morgan fingerprint density at radius 3 is 2.43 bits per heavy atom. The molecule has 108 valence electrons. The molecule has 1 saturated heterocycles. The number of rotatable bonds is 6. The number of halogens is 1. The third-order valence-electron chi connectivity index (χ3n) is 3.92. The second-order valence-electron chi connectivity index (χ2n) is 5.50. The maximum absolute atomic E-state index is 12.8. The highest BCUT2D eigenvalue weighted by Crippen LogP contribution is 2.43. The maximum atomic E-state index is 12.8. The van der Waals surface area contributed by atoms with Crippen LogP contribution in [0.15, 0.2) is 60.7 Å². The highest BCUT2D eigenvalue weighted by atomic mass is 19.1. The van der Waals surface area contributed by atoms with Crippen molar-refractivity contribution in [2.45, 2.75) is 24.9 Å². The molecule has 3 rings (SSSR count). The highest BCUT2D eigenvalue weighted by molar-refractivity contribution is 5.48. The standard InChI is InChI=1S/C19H19FO/c20-18-12-10-16(11-13-18)7-3-2-6-14-19(15-21-19)17-8-4-1-5-9-17/h1,3-5,7-13H,2,6,14-15H2/b7-3+. The van der Waals surface area contributed by atoms with Crippen LogP contribution in [0.5, 0.6) is 0 Å². The predicted molar refractivity (Wildman–Crippen MR) is 83.4 cm³/mol. The first-order valence-electron chi connectivity index (χ1n) is 7.40. The van der Waals surface area contributed by atoms with Gasteiger partial charge in [-0.15, -0.1) is 0 Å². The van der Waals surface area contributed by atoms with Crippen molar-refractivity contribution in [3.63, 3.8) is 0 Å². The number of unbranched alkanes of at least 4 members (excludes halogenated alkanes) is 1. The number of benzene rings is 2. The Morgan fingerprint density at radius 1 is 1.05 bits per heavy atom. The number of allylic oxidation sites excluding steroid dienone is 1. The van der Waals surface area contributed by atoms with Crippen LogP contribution in [-0.2, 0) is 10.3 Å². The molecule has 0 amide bonds. The average molecular weight is 282 g/mol. The molecule has 2 aromatic rings. The van der Waals surface area contributed by atoms with Crippen molar-refractivity contribution in [1.82, 2.24) is 0 Å². The minimum Gasteiger partial charge on any atom is -0.365 e. The Hall–Kier alpha value is -1.93. The van der Waals surface area contributed by atoms with Crippen LogP contribution >= 0.6 is 0 Å². The molecule has 0 spiro atoms. The van der Waals surface area contributed by atoms with E-state index >= 15 is 0 Å². The molecule has 1 aliphatic heterocycles. The number of ether oxygens (including phenoxy) is 1. The van der Waals surface area contributed by atoms with Crippen LogP contribution in [0.3, 0.4) is 0 Å². The first-order valence-corrected chi connectivity index (χ1v) is 7.40. The largest absolute Gasteiger partial charge is 0.365 e. The predicted octanol–water partition coefficient (Wildman–Crippen LogP) is 4.93. The fourth-order valence-corrected chi connectivity index (χ4v) is 2.58. The fourth-order valence-electron chi connectivity index (χ4n) is 2.58. The summed E-state index contributed by atoms with van der Waals surface area (Å²) in [5.41, 5.74) is 2.29. The summed E-state index contributed by atoms with van der Waals surface area (Å²) in [5, 5.41) is 0. The lowest BCUT2D eigenvalue weighted by molar-refractivity contribution is 0.288. The van der Waals surface area contributed by atoms with Gasteiger partial charge < -0.3 is 4.74 Å². The molecule has 1 aliphatic rings. The van der Waals surface area contributed by atoms with E-state index in [1.807, 2.05) is 12.1 Å². The summed E-state index contributed by atoms with van der Waals surface area (Å²) < 4.78 is 18.5. The Balaban J connectivity index is 1.47. The van der Waals surface area contributed by atoms with Gasteiger partial charge in [0.1, 0.15) is 11.4 Å². The zero-order valence-corrected chi connectivity index (χ0v) is 12.0. The summed E-state index contributed by atoms with van der Waals surface area (Å²) in [4.78, 5) is 0. The molecule has 1 atom stereocenters. The molecule has 1 heterocycles. The Morgan fingerprint density at radius 2 is 1.76 bits per heavy atom. The topological polar surface area (TPSA) is 12.5 Å². The third-order valence-corrected chi connectivity index (χ3v) is 3.92. The summed E-state index contributed by atoms with van der Waals surface area (Å²) in [6.45, 7) is 0.832. The smallest absolute Gasteiger partial charge is 0.123 e. The van der Waals surface area contributed by atoms with Gasteiger partial charge in [-0.1, -0.05) is 54.6 Å². The van der Waals surface area contributed by atoms with E-state index in [4.69, 9.17) is 4.74 Å². The first kappa shape index (κ1) is 14.0. The summed E-state index contributed by atoms with van der Waals surface area (Å²) in [7, 11) is 0. The Kier molecular flexibility index (Phi) is 4.16. The molecule has 2 heteroatoms. The van der Waals surface area contributed by atoms with E-state index in [2.05, 4.69) is 30.3 Å². The molecule has 0 N–H and O–H groups in total. The summed E-state index contributed by atoms with van der Waals surface area (Å²) in [6, 6.07) is 17.0. The first-order chi connectivity index (χ1) is 10.3. The summed E-state index contributed by atoms with van der Waals surface area (Å²) in [5.74, 6) is -0.192. The molecule has 1 nitrogen and oxygen atoms in total. The quantitative estimate of drug-likeness (QED) is 0.540. The van der Waals surface area contributed by atoms with E-state index in [0.29, 0.717) is 0 Å². The van der Waals surface area contributed by atoms with Crippen molar-refractivity contribution in [1.29, 1.82) is 0 Å². The van der Waals surface area contributed by atoms with Crippen molar-refractivity contribution in [3.8, 4) is 0 Å². The molecule has 0 aliphatic carbocycles. The van der Waals surface area contributed by atoms with E-state index in [1.54, 1.807) is 12.1 Å². The van der Waals surface area contributed by atoms with Crippen LogP contribution < -0.4 is 0 Å². The Labute approximate surface area is 125 Å². The van der Waals surface area contributed by atoms with Crippen molar-refractivity contribution >= 4 is 6.08 Å². The lowest BCUT2D eigenvalue weighted by atomic mass is 9.94. The van der Waals surface area contributed by atoms with E-state index in [-0.39, 0.29) is 11.4 Å². The third kappa shape index (κ3) is 3.59. The molecular formula is C19H19FO. The monoisotopic (exact) mass is 282 g/mol. The van der Waals surface area contributed by atoms with E-state index in [9.17, 15) is 4.39 Å². The highest BCUT2D eigenvalue weighted by Gasteiger charge is 2.45. The minimum atomic E-state index is -0.192. The van der Waals surface area contributed by atoms with Crippen LogP contribution in [0.25, 0.3) is 6.08 Å². The lowest BCUT2D eigenvalue weighted by Gasteiger charge is -2.11. The van der Waals surface area contributed by atoms with Crippen LogP contribution in [-0.4, -0.2) is 6.61 Å². The summed E-state index contributed by atoms with van der Waals surface area (Å²) in [6.07, 6.45) is 7.34. The molecule has 1 unspecified atom stereocenters. The van der Waals surface area contributed by atoms with Gasteiger partial charge in [0.2, 0.25) is 0 Å². The summed E-state index contributed by atoms with van der Waals surface area (Å²) >= 11 is 0. The van der Waals surface area contributed by atoms with Gasteiger partial charge in [0, 0.05) is 0 Å². The SMILES string of the molecule is Fc1ccc(/C=C/CCCC2(c3ccccc3)CO2)cc1. The van der Waals surface area contributed by atoms with Gasteiger partial charge >= 0.3 is 0 Å².